The van der Waals surface area contributed by atoms with Gasteiger partial charge in [0.25, 0.3) is 0 Å². The molecule has 2 aromatic carbocycles. The first-order valence-electron chi connectivity index (χ1n) is 8.30. The van der Waals surface area contributed by atoms with E-state index in [-0.39, 0.29) is 16.7 Å². The van der Waals surface area contributed by atoms with Crippen LogP contribution in [0.5, 0.6) is 5.75 Å². The van der Waals surface area contributed by atoms with Crippen LogP contribution >= 0.6 is 11.6 Å². The van der Waals surface area contributed by atoms with E-state index in [0.29, 0.717) is 18.1 Å². The maximum absolute atomic E-state index is 12.9. The molecule has 27 heavy (non-hydrogen) atoms. The zero-order valence-corrected chi connectivity index (χ0v) is 16.1. The van der Waals surface area contributed by atoms with E-state index in [1.165, 1.54) is 17.5 Å². The molecule has 0 saturated carbocycles. The minimum atomic E-state index is -3.69. The smallest absolute Gasteiger partial charge is 0.246 e. The van der Waals surface area contributed by atoms with Crippen LogP contribution in [0.3, 0.4) is 0 Å². The van der Waals surface area contributed by atoms with Gasteiger partial charge in [-0.2, -0.15) is 4.31 Å². The van der Waals surface area contributed by atoms with Crippen molar-refractivity contribution < 1.29 is 13.2 Å². The number of ether oxygens (including phenoxy) is 1. The van der Waals surface area contributed by atoms with Crippen LogP contribution in [0.2, 0.25) is 5.02 Å². The van der Waals surface area contributed by atoms with E-state index in [1.807, 2.05) is 36.5 Å². The Morgan fingerprint density at radius 1 is 1.15 bits per heavy atom. The molecule has 140 valence electrons. The number of nitrogens with zero attached hydrogens (tertiary/aromatic N) is 4. The van der Waals surface area contributed by atoms with Gasteiger partial charge in [0, 0.05) is 23.7 Å². The summed E-state index contributed by atoms with van der Waals surface area (Å²) in [6.07, 6.45) is 1.84. The maximum Gasteiger partial charge on any atom is 0.246 e. The van der Waals surface area contributed by atoms with E-state index in [4.69, 9.17) is 16.3 Å². The Balaban J connectivity index is 1.51. The third kappa shape index (κ3) is 3.31. The average molecular weight is 405 g/mol. The van der Waals surface area contributed by atoms with Gasteiger partial charge >= 0.3 is 0 Å². The van der Waals surface area contributed by atoms with Gasteiger partial charge in [-0.3, -0.25) is 0 Å². The zero-order chi connectivity index (χ0) is 19.0. The van der Waals surface area contributed by atoms with Crippen LogP contribution in [0, 0.1) is 0 Å². The lowest BCUT2D eigenvalue weighted by atomic mass is 10.1. The molecule has 0 aliphatic carbocycles. The van der Waals surface area contributed by atoms with E-state index in [1.54, 1.807) is 16.8 Å². The molecule has 1 fully saturated rings. The topological polar surface area (TPSA) is 77.3 Å². The largest absolute Gasteiger partial charge is 0.495 e. The summed E-state index contributed by atoms with van der Waals surface area (Å²) < 4.78 is 34.1. The standard InChI is InChI=1S/C18H17ClN4O3S/c1-26-17-8-7-14(19)9-18(17)27(24,25)22-10-15(11-22)23-12-16(20-21-23)13-5-3-2-4-6-13/h2-9,12,15H,10-11H2,1H3. The van der Waals surface area contributed by atoms with Crippen LogP contribution in [-0.4, -0.2) is 47.9 Å². The summed E-state index contributed by atoms with van der Waals surface area (Å²) in [5.41, 5.74) is 1.73. The van der Waals surface area contributed by atoms with Crippen molar-refractivity contribution in [1.29, 1.82) is 0 Å². The number of aromatic nitrogens is 3. The van der Waals surface area contributed by atoms with Gasteiger partial charge in [-0.15, -0.1) is 5.10 Å². The summed E-state index contributed by atoms with van der Waals surface area (Å²) in [7, 11) is -2.26. The number of benzene rings is 2. The highest BCUT2D eigenvalue weighted by molar-refractivity contribution is 7.89. The number of hydrogen-bond donors (Lipinski definition) is 0. The SMILES string of the molecule is COc1ccc(Cl)cc1S(=O)(=O)N1CC(n2cc(-c3ccccc3)nn2)C1. The molecule has 0 bridgehead atoms. The number of methoxy groups -OCH3 is 1. The quantitative estimate of drug-likeness (QED) is 0.653. The van der Waals surface area contributed by atoms with Gasteiger partial charge in [0.1, 0.15) is 16.3 Å². The lowest BCUT2D eigenvalue weighted by Crippen LogP contribution is -2.50. The maximum atomic E-state index is 12.9. The van der Waals surface area contributed by atoms with E-state index in [0.717, 1.165) is 11.3 Å². The van der Waals surface area contributed by atoms with E-state index >= 15 is 0 Å². The molecule has 1 aliphatic rings. The van der Waals surface area contributed by atoms with Crippen molar-refractivity contribution in [3.8, 4) is 17.0 Å². The molecule has 1 aromatic heterocycles. The Bertz CT molecular complexity index is 1060. The Hall–Kier alpha value is -2.42. The molecule has 0 atom stereocenters. The van der Waals surface area contributed by atoms with Crippen LogP contribution in [0.15, 0.2) is 59.6 Å². The van der Waals surface area contributed by atoms with Gasteiger partial charge < -0.3 is 4.74 Å². The lowest BCUT2D eigenvalue weighted by molar-refractivity contribution is 0.188. The van der Waals surface area contributed by atoms with Gasteiger partial charge in [-0.1, -0.05) is 47.1 Å². The molecular formula is C18H17ClN4O3S. The molecular weight excluding hydrogens is 388 g/mol. The Morgan fingerprint density at radius 3 is 2.59 bits per heavy atom. The second kappa shape index (κ2) is 6.95. The van der Waals surface area contributed by atoms with E-state index in [9.17, 15) is 8.42 Å². The Kier molecular flexibility index (Phi) is 4.63. The third-order valence-corrected chi connectivity index (χ3v) is 6.61. The van der Waals surface area contributed by atoms with Crippen molar-refractivity contribution in [1.82, 2.24) is 19.3 Å². The predicted octanol–water partition coefficient (Wildman–Crippen LogP) is 2.85. The second-order valence-corrected chi connectivity index (χ2v) is 8.56. The summed E-state index contributed by atoms with van der Waals surface area (Å²) in [6, 6.07) is 14.2. The summed E-state index contributed by atoms with van der Waals surface area (Å²) in [5.74, 6) is 0.273. The third-order valence-electron chi connectivity index (χ3n) is 4.53. The molecule has 1 saturated heterocycles. The molecule has 0 N–H and O–H groups in total. The predicted molar refractivity (Wildman–Crippen MR) is 101 cm³/mol. The highest BCUT2D eigenvalue weighted by atomic mass is 35.5. The second-order valence-electron chi connectivity index (χ2n) is 6.22. The van der Waals surface area contributed by atoms with Gasteiger partial charge in [0.15, 0.2) is 0 Å². The summed E-state index contributed by atoms with van der Waals surface area (Å²) >= 11 is 5.97. The molecule has 0 amide bonds. The molecule has 4 rings (SSSR count). The fraction of sp³-hybridized carbons (Fsp3) is 0.222. The number of hydrogen-bond acceptors (Lipinski definition) is 5. The minimum Gasteiger partial charge on any atom is -0.495 e. The zero-order valence-electron chi connectivity index (χ0n) is 14.5. The van der Waals surface area contributed by atoms with Gasteiger partial charge in [0.2, 0.25) is 10.0 Å². The monoisotopic (exact) mass is 404 g/mol. The number of rotatable bonds is 5. The van der Waals surface area contributed by atoms with Crippen molar-refractivity contribution in [3.63, 3.8) is 0 Å². The first-order valence-corrected chi connectivity index (χ1v) is 10.1. The summed E-state index contributed by atoms with van der Waals surface area (Å²) in [5, 5.41) is 8.68. The Morgan fingerprint density at radius 2 is 1.89 bits per heavy atom. The lowest BCUT2D eigenvalue weighted by Gasteiger charge is -2.37. The van der Waals surface area contributed by atoms with Crippen molar-refractivity contribution in [2.45, 2.75) is 10.9 Å². The van der Waals surface area contributed by atoms with E-state index in [2.05, 4.69) is 10.3 Å². The van der Waals surface area contributed by atoms with Gasteiger partial charge in [-0.25, -0.2) is 13.1 Å². The number of sulfonamides is 1. The van der Waals surface area contributed by atoms with Crippen LogP contribution in [0.4, 0.5) is 0 Å². The fourth-order valence-electron chi connectivity index (χ4n) is 2.97. The van der Waals surface area contributed by atoms with Gasteiger partial charge in [-0.05, 0) is 18.2 Å². The molecule has 0 radical (unpaired) electrons. The highest BCUT2D eigenvalue weighted by Crippen LogP contribution is 2.34. The van der Waals surface area contributed by atoms with Crippen LogP contribution < -0.4 is 4.74 Å². The van der Waals surface area contributed by atoms with Crippen LogP contribution in [0.1, 0.15) is 6.04 Å². The molecule has 7 nitrogen and oxygen atoms in total. The van der Waals surface area contributed by atoms with Gasteiger partial charge in [0.05, 0.1) is 19.3 Å². The molecule has 0 unspecified atom stereocenters. The van der Waals surface area contributed by atoms with Crippen molar-refractivity contribution >= 4 is 21.6 Å². The molecule has 1 aliphatic heterocycles. The first-order chi connectivity index (χ1) is 13.0. The first kappa shape index (κ1) is 18.0. The van der Waals surface area contributed by atoms with Crippen molar-refractivity contribution in [3.05, 3.63) is 59.8 Å². The van der Waals surface area contributed by atoms with Crippen LogP contribution in [-0.2, 0) is 10.0 Å². The number of halogens is 1. The normalized spacial score (nSPS) is 15.5. The molecule has 3 aromatic rings. The van der Waals surface area contributed by atoms with Crippen molar-refractivity contribution in [2.24, 2.45) is 0 Å². The molecule has 2 heterocycles. The minimum absolute atomic E-state index is 0.0603. The summed E-state index contributed by atoms with van der Waals surface area (Å²) in [6.45, 7) is 0.630. The molecule has 0 spiro atoms. The average Bonchev–Trinajstić information content (AvgIpc) is 3.10. The van der Waals surface area contributed by atoms with Crippen LogP contribution in [0.25, 0.3) is 11.3 Å². The van der Waals surface area contributed by atoms with Crippen molar-refractivity contribution in [2.75, 3.05) is 20.2 Å². The Labute approximate surface area is 162 Å². The summed E-state index contributed by atoms with van der Waals surface area (Å²) in [4.78, 5) is 0.0690. The van der Waals surface area contributed by atoms with E-state index < -0.39 is 10.0 Å². The fourth-order valence-corrected chi connectivity index (χ4v) is 4.90. The highest BCUT2D eigenvalue weighted by Gasteiger charge is 2.39. The molecule has 9 heteroatoms.